The number of halogens is 2. The Labute approximate surface area is 189 Å². The summed E-state index contributed by atoms with van der Waals surface area (Å²) in [6, 6.07) is 21.2. The number of benzene rings is 3. The van der Waals surface area contributed by atoms with E-state index in [2.05, 4.69) is 5.32 Å². The Balaban J connectivity index is 1.58. The molecule has 3 aromatic carbocycles. The lowest BCUT2D eigenvalue weighted by Gasteiger charge is -2.26. The van der Waals surface area contributed by atoms with Crippen molar-refractivity contribution in [1.82, 2.24) is 0 Å². The highest BCUT2D eigenvalue weighted by molar-refractivity contribution is 8.00. The van der Waals surface area contributed by atoms with Gasteiger partial charge in [-0.1, -0.05) is 48.5 Å². The van der Waals surface area contributed by atoms with E-state index in [4.69, 9.17) is 11.6 Å². The summed E-state index contributed by atoms with van der Waals surface area (Å²) in [5, 5.41) is 1.71. The number of rotatable bonds is 5. The minimum atomic E-state index is -0.821. The van der Waals surface area contributed by atoms with Gasteiger partial charge in [-0.05, 0) is 42.3 Å². The van der Waals surface area contributed by atoms with Gasteiger partial charge in [-0.2, -0.15) is 0 Å². The predicted octanol–water partition coefficient (Wildman–Crippen LogP) is 5.83. The largest absolute Gasteiger partial charge is 0.324 e. The molecule has 158 valence electrons. The van der Waals surface area contributed by atoms with Crippen LogP contribution in [0.15, 0.2) is 72.8 Å². The monoisotopic (exact) mass is 454 g/mol. The average molecular weight is 455 g/mol. The number of nitrogens with zero attached hydrogens (tertiary/aromatic N) is 1. The molecule has 3 aromatic rings. The van der Waals surface area contributed by atoms with E-state index in [0.29, 0.717) is 28.3 Å². The molecule has 0 unspecified atom stereocenters. The number of amides is 2. The second kappa shape index (κ2) is 9.12. The van der Waals surface area contributed by atoms with Gasteiger partial charge in [0.1, 0.15) is 16.6 Å². The predicted molar refractivity (Wildman–Crippen MR) is 124 cm³/mol. The Morgan fingerprint density at radius 2 is 1.87 bits per heavy atom. The van der Waals surface area contributed by atoms with E-state index in [0.717, 1.165) is 5.56 Å². The lowest BCUT2D eigenvalue weighted by atomic mass is 10.1. The summed E-state index contributed by atoms with van der Waals surface area (Å²) in [6.45, 7) is 1.67. The van der Waals surface area contributed by atoms with E-state index in [9.17, 15) is 14.0 Å². The molecule has 0 radical (unpaired) electrons. The van der Waals surface area contributed by atoms with Crippen LogP contribution in [0.1, 0.15) is 27.4 Å². The molecule has 7 heteroatoms. The maximum Gasteiger partial charge on any atom is 0.246 e. The van der Waals surface area contributed by atoms with Crippen molar-refractivity contribution in [3.8, 4) is 0 Å². The first-order valence-electron chi connectivity index (χ1n) is 9.74. The number of anilines is 2. The third-order valence-corrected chi connectivity index (χ3v) is 6.79. The second-order valence-electron chi connectivity index (χ2n) is 7.20. The molecule has 4 rings (SSSR count). The maximum absolute atomic E-state index is 14.1. The third kappa shape index (κ3) is 4.45. The fraction of sp³-hybridized carbons (Fsp3) is 0.167. The molecule has 2 atom stereocenters. The normalized spacial score (nSPS) is 16.9. The number of alkyl halides is 1. The Kier molecular flexibility index (Phi) is 6.30. The molecule has 1 aliphatic rings. The standard InChI is InChI=1S/C24H20ClFN2O2S/c1-15-19(26)11-6-12-20(15)28-21(29)14-31-24(28)17-9-5-10-18(13-17)27-23(30)22(25)16-7-3-2-4-8-16/h2-13,22,24H,14H2,1H3,(H,27,30)/t22-,24+/m0/s1. The first kappa shape index (κ1) is 21.4. The van der Waals surface area contributed by atoms with Crippen molar-refractivity contribution >= 4 is 46.6 Å². The zero-order valence-electron chi connectivity index (χ0n) is 16.7. The zero-order chi connectivity index (χ0) is 22.0. The van der Waals surface area contributed by atoms with Gasteiger partial charge < -0.3 is 5.32 Å². The SMILES string of the molecule is Cc1c(F)cccc1N1C(=O)CS[C@@H]1c1cccc(NC(=O)[C@@H](Cl)c2ccccc2)c1. The van der Waals surface area contributed by atoms with Gasteiger partial charge in [0.15, 0.2) is 0 Å². The number of hydrogen-bond acceptors (Lipinski definition) is 3. The van der Waals surface area contributed by atoms with Crippen molar-refractivity contribution in [1.29, 1.82) is 0 Å². The van der Waals surface area contributed by atoms with Crippen molar-refractivity contribution in [3.05, 3.63) is 95.3 Å². The number of nitrogens with one attached hydrogen (secondary N) is 1. The number of hydrogen-bond donors (Lipinski definition) is 1. The van der Waals surface area contributed by atoms with Crippen LogP contribution < -0.4 is 10.2 Å². The van der Waals surface area contributed by atoms with Crippen LogP contribution in [-0.4, -0.2) is 17.6 Å². The van der Waals surface area contributed by atoms with Crippen LogP contribution in [0.3, 0.4) is 0 Å². The molecule has 1 heterocycles. The van der Waals surface area contributed by atoms with Gasteiger partial charge in [-0.3, -0.25) is 14.5 Å². The van der Waals surface area contributed by atoms with Crippen LogP contribution in [0.2, 0.25) is 0 Å². The van der Waals surface area contributed by atoms with E-state index < -0.39 is 5.38 Å². The van der Waals surface area contributed by atoms with Crippen LogP contribution in [0, 0.1) is 12.7 Å². The Morgan fingerprint density at radius 1 is 1.13 bits per heavy atom. The van der Waals surface area contributed by atoms with Crippen LogP contribution in [0.25, 0.3) is 0 Å². The highest BCUT2D eigenvalue weighted by atomic mass is 35.5. The summed E-state index contributed by atoms with van der Waals surface area (Å²) >= 11 is 7.79. The molecule has 0 bridgehead atoms. The maximum atomic E-state index is 14.1. The summed E-state index contributed by atoms with van der Waals surface area (Å²) < 4.78 is 14.1. The molecular formula is C24H20ClFN2O2S. The minimum Gasteiger partial charge on any atom is -0.324 e. The van der Waals surface area contributed by atoms with Gasteiger partial charge in [0.25, 0.3) is 0 Å². The van der Waals surface area contributed by atoms with Crippen molar-refractivity contribution in [2.45, 2.75) is 17.7 Å². The van der Waals surface area contributed by atoms with E-state index in [1.807, 2.05) is 36.4 Å². The molecular weight excluding hydrogens is 435 g/mol. The van der Waals surface area contributed by atoms with Crippen molar-refractivity contribution in [2.75, 3.05) is 16.0 Å². The van der Waals surface area contributed by atoms with Gasteiger partial charge in [0.2, 0.25) is 11.8 Å². The van der Waals surface area contributed by atoms with Gasteiger partial charge >= 0.3 is 0 Å². The Hall–Kier alpha value is -2.83. The van der Waals surface area contributed by atoms with Gasteiger partial charge in [-0.15, -0.1) is 23.4 Å². The molecule has 1 fully saturated rings. The number of thioether (sulfide) groups is 1. The van der Waals surface area contributed by atoms with E-state index >= 15 is 0 Å². The van der Waals surface area contributed by atoms with Gasteiger partial charge in [0.05, 0.1) is 11.4 Å². The summed E-state index contributed by atoms with van der Waals surface area (Å²) in [7, 11) is 0. The highest BCUT2D eigenvalue weighted by Gasteiger charge is 2.35. The highest BCUT2D eigenvalue weighted by Crippen LogP contribution is 2.43. The number of carbonyl (C=O) groups excluding carboxylic acids is 2. The molecule has 2 amide bonds. The topological polar surface area (TPSA) is 49.4 Å². The molecule has 0 spiro atoms. The van der Waals surface area contributed by atoms with Crippen LogP contribution in [0.4, 0.5) is 15.8 Å². The first-order chi connectivity index (χ1) is 15.0. The Morgan fingerprint density at radius 3 is 2.65 bits per heavy atom. The fourth-order valence-corrected chi connectivity index (χ4v) is 4.90. The second-order valence-corrected chi connectivity index (χ2v) is 8.70. The molecule has 0 aliphatic carbocycles. The van der Waals surface area contributed by atoms with E-state index in [1.54, 1.807) is 42.2 Å². The van der Waals surface area contributed by atoms with Crippen molar-refractivity contribution < 1.29 is 14.0 Å². The van der Waals surface area contributed by atoms with Crippen LogP contribution in [-0.2, 0) is 9.59 Å². The molecule has 1 saturated heterocycles. The quantitative estimate of drug-likeness (QED) is 0.493. The molecule has 1 aliphatic heterocycles. The van der Waals surface area contributed by atoms with Crippen molar-refractivity contribution in [3.63, 3.8) is 0 Å². The van der Waals surface area contributed by atoms with Gasteiger partial charge in [0, 0.05) is 11.3 Å². The molecule has 0 aromatic heterocycles. The smallest absolute Gasteiger partial charge is 0.246 e. The summed E-state index contributed by atoms with van der Waals surface area (Å²) in [5.74, 6) is -0.466. The fourth-order valence-electron chi connectivity index (χ4n) is 3.54. The van der Waals surface area contributed by atoms with E-state index in [1.165, 1.54) is 17.8 Å². The lowest BCUT2D eigenvalue weighted by molar-refractivity contribution is -0.116. The summed E-state index contributed by atoms with van der Waals surface area (Å²) in [5.41, 5.74) is 3.12. The Bertz CT molecular complexity index is 1130. The molecule has 4 nitrogen and oxygen atoms in total. The van der Waals surface area contributed by atoms with Crippen LogP contribution in [0.5, 0.6) is 0 Å². The molecule has 31 heavy (non-hydrogen) atoms. The van der Waals surface area contributed by atoms with Crippen molar-refractivity contribution in [2.24, 2.45) is 0 Å². The first-order valence-corrected chi connectivity index (χ1v) is 11.2. The van der Waals surface area contributed by atoms with Crippen LogP contribution >= 0.6 is 23.4 Å². The third-order valence-electron chi connectivity index (χ3n) is 5.13. The molecule has 0 saturated carbocycles. The zero-order valence-corrected chi connectivity index (χ0v) is 18.3. The molecule has 1 N–H and O–H groups in total. The summed E-state index contributed by atoms with van der Waals surface area (Å²) in [4.78, 5) is 26.9. The van der Waals surface area contributed by atoms with Gasteiger partial charge in [-0.25, -0.2) is 4.39 Å². The summed E-state index contributed by atoms with van der Waals surface area (Å²) in [6.07, 6.45) is 0. The van der Waals surface area contributed by atoms with E-state index in [-0.39, 0.29) is 23.0 Å². The average Bonchev–Trinajstić information content (AvgIpc) is 3.17. The minimum absolute atomic E-state index is 0.0805. The number of carbonyl (C=O) groups is 2. The lowest BCUT2D eigenvalue weighted by Crippen LogP contribution is -2.28.